The van der Waals surface area contributed by atoms with Crippen LogP contribution in [0, 0.1) is 13.8 Å². The van der Waals surface area contributed by atoms with E-state index in [0.29, 0.717) is 29.0 Å². The number of hydrogen-bond acceptors (Lipinski definition) is 5. The molecule has 0 aliphatic heterocycles. The summed E-state index contributed by atoms with van der Waals surface area (Å²) in [4.78, 5) is 47.1. The van der Waals surface area contributed by atoms with Crippen LogP contribution in [0.4, 0.5) is 0 Å². The van der Waals surface area contributed by atoms with Gasteiger partial charge in [-0.05, 0) is 25.0 Å². The Bertz CT molecular complexity index is 1090. The van der Waals surface area contributed by atoms with Gasteiger partial charge in [-0.2, -0.15) is 0 Å². The van der Waals surface area contributed by atoms with E-state index in [-0.39, 0.29) is 30.9 Å². The maximum atomic E-state index is 12.8. The van der Waals surface area contributed by atoms with Gasteiger partial charge in [-0.25, -0.2) is 4.98 Å². The molecule has 3 aromatic rings. The van der Waals surface area contributed by atoms with Gasteiger partial charge in [0, 0.05) is 37.2 Å². The number of rotatable bonds is 8. The molecule has 1 aromatic carbocycles. The largest absolute Gasteiger partial charge is 0.370 e. The minimum Gasteiger partial charge on any atom is -0.370 e. The summed E-state index contributed by atoms with van der Waals surface area (Å²) in [6.07, 6.45) is 0.610. The maximum absolute atomic E-state index is 12.8. The number of aromatic amines is 1. The second-order valence-electron chi connectivity index (χ2n) is 6.99. The van der Waals surface area contributed by atoms with Crippen molar-refractivity contribution >= 4 is 33.4 Å². The number of aromatic nitrogens is 2. The molecule has 0 spiro atoms. The molecule has 0 aliphatic rings. The summed E-state index contributed by atoms with van der Waals surface area (Å²) in [5, 5.41) is 0.620. The van der Waals surface area contributed by atoms with Gasteiger partial charge in [0.05, 0.1) is 5.39 Å². The molecular formula is C21H24N4O3S. The second kappa shape index (κ2) is 9.00. The summed E-state index contributed by atoms with van der Waals surface area (Å²) in [6, 6.07) is 9.57. The Kier molecular flexibility index (Phi) is 6.43. The molecular weight excluding hydrogens is 388 g/mol. The molecule has 0 saturated heterocycles. The number of primary amides is 1. The second-order valence-corrected chi connectivity index (χ2v) is 8.20. The number of nitrogens with two attached hydrogens (primary N) is 1. The molecule has 0 unspecified atom stereocenters. The number of thiophene rings is 1. The molecule has 0 aliphatic carbocycles. The predicted molar refractivity (Wildman–Crippen MR) is 114 cm³/mol. The van der Waals surface area contributed by atoms with Gasteiger partial charge in [0.2, 0.25) is 11.8 Å². The Hall–Kier alpha value is -3.00. The van der Waals surface area contributed by atoms with E-state index in [4.69, 9.17) is 5.73 Å². The van der Waals surface area contributed by atoms with Crippen LogP contribution in [-0.2, 0) is 22.6 Å². The van der Waals surface area contributed by atoms with E-state index >= 15 is 0 Å². The van der Waals surface area contributed by atoms with Crippen LogP contribution < -0.4 is 11.3 Å². The van der Waals surface area contributed by atoms with Crippen molar-refractivity contribution in [3.8, 4) is 0 Å². The summed E-state index contributed by atoms with van der Waals surface area (Å²) >= 11 is 1.48. The average Bonchev–Trinajstić information content (AvgIpc) is 2.98. The monoisotopic (exact) mass is 412 g/mol. The van der Waals surface area contributed by atoms with Crippen molar-refractivity contribution in [2.75, 3.05) is 6.54 Å². The van der Waals surface area contributed by atoms with E-state index in [1.54, 1.807) is 4.90 Å². The molecule has 8 heteroatoms. The standard InChI is InChI=1S/C21H24N4O3S/c1-13-14(2)29-21-19(13)20(28)23-17(24-21)8-9-18(27)25(11-10-16(22)26)12-15-6-4-3-5-7-15/h3-7H,8-12H2,1-2H3,(H2,22,26)(H,23,24,28). The number of benzene rings is 1. The molecule has 0 fully saturated rings. The first-order valence-corrected chi connectivity index (χ1v) is 10.3. The molecule has 3 N–H and O–H groups in total. The molecule has 7 nitrogen and oxygen atoms in total. The predicted octanol–water partition coefficient (Wildman–Crippen LogP) is 2.44. The number of amides is 2. The van der Waals surface area contributed by atoms with Crippen molar-refractivity contribution in [3.05, 3.63) is 62.5 Å². The van der Waals surface area contributed by atoms with Gasteiger partial charge in [0.15, 0.2) is 0 Å². The summed E-state index contributed by atoms with van der Waals surface area (Å²) in [5.41, 5.74) is 7.01. The van der Waals surface area contributed by atoms with Gasteiger partial charge in [0.1, 0.15) is 10.7 Å². The van der Waals surface area contributed by atoms with Crippen molar-refractivity contribution < 1.29 is 9.59 Å². The highest BCUT2D eigenvalue weighted by molar-refractivity contribution is 7.18. The number of carbonyl (C=O) groups excluding carboxylic acids is 2. The highest BCUT2D eigenvalue weighted by atomic mass is 32.1. The number of nitrogens with one attached hydrogen (secondary N) is 1. The molecule has 0 radical (unpaired) electrons. The Morgan fingerprint density at radius 2 is 1.90 bits per heavy atom. The van der Waals surface area contributed by atoms with E-state index in [9.17, 15) is 14.4 Å². The summed E-state index contributed by atoms with van der Waals surface area (Å²) < 4.78 is 0. The van der Waals surface area contributed by atoms with Crippen LogP contribution in [0.2, 0.25) is 0 Å². The number of hydrogen-bond donors (Lipinski definition) is 2. The van der Waals surface area contributed by atoms with Crippen molar-refractivity contribution in [1.82, 2.24) is 14.9 Å². The smallest absolute Gasteiger partial charge is 0.259 e. The number of nitrogens with zero attached hydrogens (tertiary/aromatic N) is 2. The quantitative estimate of drug-likeness (QED) is 0.592. The zero-order valence-corrected chi connectivity index (χ0v) is 17.3. The fourth-order valence-corrected chi connectivity index (χ4v) is 4.19. The van der Waals surface area contributed by atoms with Crippen LogP contribution in [0.1, 0.15) is 34.7 Å². The van der Waals surface area contributed by atoms with Crippen molar-refractivity contribution in [2.45, 2.75) is 39.7 Å². The molecule has 2 heterocycles. The van der Waals surface area contributed by atoms with E-state index < -0.39 is 5.91 Å². The lowest BCUT2D eigenvalue weighted by Crippen LogP contribution is -2.34. The minimum atomic E-state index is -0.448. The van der Waals surface area contributed by atoms with Gasteiger partial charge in [-0.15, -0.1) is 11.3 Å². The summed E-state index contributed by atoms with van der Waals surface area (Å²) in [6.45, 7) is 4.54. The first kappa shape index (κ1) is 20.7. The lowest BCUT2D eigenvalue weighted by atomic mass is 10.2. The molecule has 2 aromatic heterocycles. The van der Waals surface area contributed by atoms with E-state index in [0.717, 1.165) is 16.0 Å². The van der Waals surface area contributed by atoms with E-state index in [1.807, 2.05) is 44.2 Å². The van der Waals surface area contributed by atoms with Crippen LogP contribution in [0.25, 0.3) is 10.2 Å². The fraction of sp³-hybridized carbons (Fsp3) is 0.333. The Labute approximate surface area is 172 Å². The molecule has 0 bridgehead atoms. The third-order valence-corrected chi connectivity index (χ3v) is 5.96. The highest BCUT2D eigenvalue weighted by Crippen LogP contribution is 2.25. The highest BCUT2D eigenvalue weighted by Gasteiger charge is 2.17. The Balaban J connectivity index is 1.72. The van der Waals surface area contributed by atoms with Crippen molar-refractivity contribution in [1.29, 1.82) is 0 Å². The Morgan fingerprint density at radius 3 is 2.59 bits per heavy atom. The molecule has 3 rings (SSSR count). The number of aryl methyl sites for hydroxylation is 3. The number of carbonyl (C=O) groups is 2. The fourth-order valence-electron chi connectivity index (χ4n) is 3.14. The Morgan fingerprint density at radius 1 is 1.17 bits per heavy atom. The lowest BCUT2D eigenvalue weighted by molar-refractivity contribution is -0.132. The number of fused-ring (bicyclic) bond motifs is 1. The van der Waals surface area contributed by atoms with Gasteiger partial charge in [0.25, 0.3) is 5.56 Å². The third kappa shape index (κ3) is 5.08. The van der Waals surface area contributed by atoms with Crippen molar-refractivity contribution in [2.24, 2.45) is 5.73 Å². The molecule has 2 amide bonds. The van der Waals surface area contributed by atoms with Gasteiger partial charge in [-0.3, -0.25) is 14.4 Å². The SMILES string of the molecule is Cc1sc2nc(CCC(=O)N(CCC(N)=O)Cc3ccccc3)[nH]c(=O)c2c1C. The van der Waals surface area contributed by atoms with Gasteiger partial charge >= 0.3 is 0 Å². The molecule has 0 atom stereocenters. The van der Waals surface area contributed by atoms with Gasteiger partial charge < -0.3 is 15.6 Å². The molecule has 29 heavy (non-hydrogen) atoms. The number of H-pyrrole nitrogens is 1. The summed E-state index contributed by atoms with van der Waals surface area (Å²) in [7, 11) is 0. The normalized spacial score (nSPS) is 11.0. The first-order chi connectivity index (χ1) is 13.8. The topological polar surface area (TPSA) is 109 Å². The van der Waals surface area contributed by atoms with Crippen LogP contribution in [0.5, 0.6) is 0 Å². The average molecular weight is 413 g/mol. The van der Waals surface area contributed by atoms with Crippen LogP contribution in [0.15, 0.2) is 35.1 Å². The van der Waals surface area contributed by atoms with Crippen LogP contribution in [0.3, 0.4) is 0 Å². The maximum Gasteiger partial charge on any atom is 0.259 e. The van der Waals surface area contributed by atoms with Crippen molar-refractivity contribution in [3.63, 3.8) is 0 Å². The zero-order valence-electron chi connectivity index (χ0n) is 16.5. The third-order valence-electron chi connectivity index (χ3n) is 4.86. The minimum absolute atomic E-state index is 0.105. The van der Waals surface area contributed by atoms with Crippen LogP contribution in [-0.4, -0.2) is 33.2 Å². The van der Waals surface area contributed by atoms with Gasteiger partial charge in [-0.1, -0.05) is 30.3 Å². The molecule has 0 saturated carbocycles. The van der Waals surface area contributed by atoms with E-state index in [2.05, 4.69) is 9.97 Å². The van der Waals surface area contributed by atoms with E-state index in [1.165, 1.54) is 11.3 Å². The first-order valence-electron chi connectivity index (χ1n) is 9.44. The summed E-state index contributed by atoms with van der Waals surface area (Å²) in [5.74, 6) is -0.0706. The zero-order chi connectivity index (χ0) is 21.0. The van der Waals surface area contributed by atoms with Crippen LogP contribution >= 0.6 is 11.3 Å². The lowest BCUT2D eigenvalue weighted by Gasteiger charge is -2.22. The molecule has 152 valence electrons.